The van der Waals surface area contributed by atoms with E-state index in [1.54, 1.807) is 6.92 Å². The van der Waals surface area contributed by atoms with Crippen LogP contribution >= 0.6 is 0 Å². The van der Waals surface area contributed by atoms with Crippen molar-refractivity contribution in [2.24, 2.45) is 40.9 Å². The number of alkyl carbamates (subject to hydrolysis) is 1. The van der Waals surface area contributed by atoms with Gasteiger partial charge < -0.3 is 25.0 Å². The van der Waals surface area contributed by atoms with Crippen LogP contribution in [0.2, 0.25) is 0 Å². The number of ether oxygens (including phenoxy) is 2. The van der Waals surface area contributed by atoms with Gasteiger partial charge in [0.25, 0.3) is 0 Å². The Kier molecular flexibility index (Phi) is 8.40. The maximum absolute atomic E-state index is 12.7. The van der Waals surface area contributed by atoms with Crippen molar-refractivity contribution < 1.29 is 29.3 Å². The van der Waals surface area contributed by atoms with E-state index in [1.807, 2.05) is 0 Å². The zero-order valence-corrected chi connectivity index (χ0v) is 24.2. The summed E-state index contributed by atoms with van der Waals surface area (Å²) in [7, 11) is 0. The minimum Gasteiger partial charge on any atom is -0.460 e. The molecule has 1 heterocycles. The van der Waals surface area contributed by atoms with Crippen molar-refractivity contribution in [2.45, 2.75) is 110 Å². The Balaban J connectivity index is 1.62. The van der Waals surface area contributed by atoms with E-state index in [0.717, 1.165) is 38.5 Å². The lowest BCUT2D eigenvalue weighted by Crippen LogP contribution is -2.63. The van der Waals surface area contributed by atoms with E-state index in [4.69, 9.17) is 9.47 Å². The maximum Gasteiger partial charge on any atom is 0.407 e. The average Bonchev–Trinajstić information content (AvgIpc) is 3.13. The molecule has 0 spiro atoms. The van der Waals surface area contributed by atoms with E-state index < -0.39 is 29.7 Å². The van der Waals surface area contributed by atoms with Crippen LogP contribution < -0.4 is 5.32 Å². The fourth-order valence-corrected chi connectivity index (χ4v) is 8.47. The molecular formula is C31H49NO6. The van der Waals surface area contributed by atoms with E-state index in [9.17, 15) is 19.8 Å². The standard InChI is InChI=1S/C31H49NO6/c1-8-9-10-13-32-29(35)38-25-16-30(7)15-22-18(4)11-12-23-20(6)37-28(34)27(33)31(23,36)19(5)21(22)14-24(30)26(25)17(2)3/h11,17,20-27,33,36H,5,8-10,12-16H2,1-4,6-7H3,(H,32,35). The Morgan fingerprint density at radius 3 is 2.63 bits per heavy atom. The van der Waals surface area contributed by atoms with Crippen molar-refractivity contribution >= 4 is 12.1 Å². The molecular weight excluding hydrogens is 482 g/mol. The number of allylic oxidation sites excluding steroid dienone is 2. The number of fused-ring (bicyclic) bond motifs is 3. The first-order valence-corrected chi connectivity index (χ1v) is 14.8. The SMILES string of the molecule is C=C1C2CC3C(C(C)C)C(OC(=O)NCCCCC)CC3(C)CC2C(C)=CCC2C(C)OC(=O)C(O)C12O. The second-order valence-corrected chi connectivity index (χ2v) is 13.2. The maximum atomic E-state index is 12.7. The average molecular weight is 532 g/mol. The number of aliphatic hydroxyl groups excluding tert-OH is 1. The number of unbranched alkanes of at least 4 members (excludes halogenated alkanes) is 2. The van der Waals surface area contributed by atoms with E-state index >= 15 is 0 Å². The van der Waals surface area contributed by atoms with Gasteiger partial charge in [0, 0.05) is 18.4 Å². The molecule has 3 fully saturated rings. The molecule has 0 bridgehead atoms. The smallest absolute Gasteiger partial charge is 0.407 e. The van der Waals surface area contributed by atoms with Gasteiger partial charge in [0.2, 0.25) is 0 Å². The summed E-state index contributed by atoms with van der Waals surface area (Å²) in [5.41, 5.74) is 0.0502. The molecule has 1 amide bonds. The Labute approximate surface area is 228 Å². The van der Waals surface area contributed by atoms with Crippen LogP contribution in [-0.4, -0.2) is 52.7 Å². The lowest BCUT2D eigenvalue weighted by molar-refractivity contribution is -0.209. The Hall–Kier alpha value is -1.86. The number of cyclic esters (lactones) is 1. The highest BCUT2D eigenvalue weighted by atomic mass is 16.6. The minimum absolute atomic E-state index is 0.0305. The predicted molar refractivity (Wildman–Crippen MR) is 146 cm³/mol. The molecule has 0 radical (unpaired) electrons. The summed E-state index contributed by atoms with van der Waals surface area (Å²) in [6.07, 6.45) is 5.60. The van der Waals surface area contributed by atoms with Gasteiger partial charge in [-0.25, -0.2) is 9.59 Å². The van der Waals surface area contributed by atoms with Crippen LogP contribution in [0.25, 0.3) is 0 Å². The minimum atomic E-state index is -1.73. The van der Waals surface area contributed by atoms with Crippen LogP contribution in [0.1, 0.15) is 86.5 Å². The molecule has 38 heavy (non-hydrogen) atoms. The molecule has 0 aromatic carbocycles. The number of hydrogen-bond donors (Lipinski definition) is 3. The van der Waals surface area contributed by atoms with Crippen LogP contribution in [-0.2, 0) is 14.3 Å². The van der Waals surface area contributed by atoms with E-state index in [-0.39, 0.29) is 41.3 Å². The zero-order chi connectivity index (χ0) is 28.0. The summed E-state index contributed by atoms with van der Waals surface area (Å²) in [5, 5.41) is 25.9. The highest BCUT2D eigenvalue weighted by molar-refractivity contribution is 5.78. The summed E-state index contributed by atoms with van der Waals surface area (Å²) in [6.45, 7) is 17.8. The van der Waals surface area contributed by atoms with Gasteiger partial charge in [0.15, 0.2) is 6.10 Å². The second-order valence-electron chi connectivity index (χ2n) is 13.2. The van der Waals surface area contributed by atoms with Gasteiger partial charge in [-0.3, -0.25) is 0 Å². The zero-order valence-electron chi connectivity index (χ0n) is 24.2. The van der Waals surface area contributed by atoms with Gasteiger partial charge in [-0.15, -0.1) is 0 Å². The molecule has 1 saturated heterocycles. The van der Waals surface area contributed by atoms with Crippen molar-refractivity contribution in [3.63, 3.8) is 0 Å². The number of hydrogen-bond acceptors (Lipinski definition) is 6. The van der Waals surface area contributed by atoms with E-state index in [2.05, 4.69) is 52.6 Å². The molecule has 0 aromatic heterocycles. The van der Waals surface area contributed by atoms with Gasteiger partial charge in [-0.1, -0.05) is 58.8 Å². The van der Waals surface area contributed by atoms with Gasteiger partial charge in [-0.05, 0) is 80.6 Å². The molecule has 7 nitrogen and oxygen atoms in total. The third kappa shape index (κ3) is 4.94. The van der Waals surface area contributed by atoms with Crippen molar-refractivity contribution in [2.75, 3.05) is 6.54 Å². The predicted octanol–water partition coefficient (Wildman–Crippen LogP) is 5.16. The summed E-state index contributed by atoms with van der Waals surface area (Å²) in [4.78, 5) is 25.2. The largest absolute Gasteiger partial charge is 0.460 e. The van der Waals surface area contributed by atoms with Gasteiger partial charge in [-0.2, -0.15) is 0 Å². The highest BCUT2D eigenvalue weighted by Gasteiger charge is 2.62. The van der Waals surface area contributed by atoms with Crippen molar-refractivity contribution in [3.8, 4) is 0 Å². The monoisotopic (exact) mass is 531 g/mol. The summed E-state index contributed by atoms with van der Waals surface area (Å²) in [5.74, 6) is -0.440. The Bertz CT molecular complexity index is 960. The van der Waals surface area contributed by atoms with Crippen molar-refractivity contribution in [3.05, 3.63) is 23.8 Å². The number of aliphatic hydroxyl groups is 2. The number of carbonyl (C=O) groups excluding carboxylic acids is 2. The summed E-state index contributed by atoms with van der Waals surface area (Å²) < 4.78 is 11.5. The van der Waals surface area contributed by atoms with Crippen LogP contribution in [0, 0.1) is 40.9 Å². The van der Waals surface area contributed by atoms with Gasteiger partial charge in [0.1, 0.15) is 17.8 Å². The summed E-state index contributed by atoms with van der Waals surface area (Å²) in [6, 6.07) is 0. The number of rotatable bonds is 6. The Morgan fingerprint density at radius 1 is 1.26 bits per heavy atom. The van der Waals surface area contributed by atoms with Crippen LogP contribution in [0.5, 0.6) is 0 Å². The van der Waals surface area contributed by atoms with Crippen LogP contribution in [0.15, 0.2) is 23.8 Å². The summed E-state index contributed by atoms with van der Waals surface area (Å²) >= 11 is 0. The molecule has 10 unspecified atom stereocenters. The lowest BCUT2D eigenvalue weighted by Gasteiger charge is -2.54. The molecule has 3 N–H and O–H groups in total. The van der Waals surface area contributed by atoms with Gasteiger partial charge in [0.05, 0.1) is 0 Å². The molecule has 7 heteroatoms. The molecule has 2 saturated carbocycles. The molecule has 1 aliphatic heterocycles. The molecule has 4 aliphatic rings. The van der Waals surface area contributed by atoms with E-state index in [0.29, 0.717) is 24.5 Å². The van der Waals surface area contributed by atoms with E-state index in [1.165, 1.54) is 5.57 Å². The van der Waals surface area contributed by atoms with Crippen molar-refractivity contribution in [1.82, 2.24) is 5.32 Å². The normalized spacial score (nSPS) is 42.7. The Morgan fingerprint density at radius 2 is 1.97 bits per heavy atom. The fourth-order valence-electron chi connectivity index (χ4n) is 8.47. The quantitative estimate of drug-likeness (QED) is 0.249. The second kappa shape index (κ2) is 11.0. The van der Waals surface area contributed by atoms with Crippen LogP contribution in [0.4, 0.5) is 4.79 Å². The molecule has 10 atom stereocenters. The molecule has 4 rings (SSSR count). The lowest BCUT2D eigenvalue weighted by atomic mass is 9.53. The van der Waals surface area contributed by atoms with Crippen LogP contribution in [0.3, 0.4) is 0 Å². The first kappa shape index (κ1) is 29.1. The number of carbonyl (C=O) groups is 2. The number of esters is 1. The number of nitrogens with one attached hydrogen (secondary N) is 1. The highest BCUT2D eigenvalue weighted by Crippen LogP contribution is 2.63. The molecule has 0 aromatic rings. The topological polar surface area (TPSA) is 105 Å². The third-order valence-electron chi connectivity index (χ3n) is 10.5. The first-order chi connectivity index (χ1) is 17.8. The third-order valence-corrected chi connectivity index (χ3v) is 10.5. The molecule has 214 valence electrons. The fraction of sp³-hybridized carbons (Fsp3) is 0.806. The van der Waals surface area contributed by atoms with Gasteiger partial charge >= 0.3 is 12.1 Å². The van der Waals surface area contributed by atoms with Crippen molar-refractivity contribution in [1.29, 1.82) is 0 Å². The molecule has 3 aliphatic carbocycles. The first-order valence-electron chi connectivity index (χ1n) is 14.8. The number of amides is 1.